The molecule has 2 rings (SSSR count). The van der Waals surface area contributed by atoms with Crippen LogP contribution in [0, 0.1) is 10.1 Å². The molecule has 0 fully saturated rings. The maximum absolute atomic E-state index is 10.9. The Morgan fingerprint density at radius 2 is 2.19 bits per heavy atom. The van der Waals surface area contributed by atoms with E-state index in [0.717, 1.165) is 0 Å². The number of halogens is 1. The molecule has 1 N–H and O–H groups in total. The van der Waals surface area contributed by atoms with Crippen LogP contribution in [-0.4, -0.2) is 15.6 Å². The van der Waals surface area contributed by atoms with Crippen molar-refractivity contribution in [2.45, 2.75) is 25.6 Å². The standard InChI is InChI=1S/C10H10ClNO4/c1-10(2)9(13)7-6(16-10)4-3-5(11)8(7)12(14)15/h3-4,9,13H,1-2H3. The van der Waals surface area contributed by atoms with Crippen LogP contribution in [0.5, 0.6) is 5.75 Å². The van der Waals surface area contributed by atoms with Crippen LogP contribution in [0.1, 0.15) is 25.5 Å². The average molecular weight is 244 g/mol. The van der Waals surface area contributed by atoms with E-state index in [1.807, 2.05) is 0 Å². The quantitative estimate of drug-likeness (QED) is 0.607. The Morgan fingerprint density at radius 1 is 1.56 bits per heavy atom. The minimum Gasteiger partial charge on any atom is -0.484 e. The van der Waals surface area contributed by atoms with Gasteiger partial charge in [0.05, 0.1) is 4.92 Å². The molecule has 1 aliphatic rings. The number of benzene rings is 1. The fraction of sp³-hybridized carbons (Fsp3) is 0.400. The van der Waals surface area contributed by atoms with Crippen molar-refractivity contribution in [3.8, 4) is 5.75 Å². The first-order valence-electron chi connectivity index (χ1n) is 4.68. The third kappa shape index (κ3) is 1.44. The summed E-state index contributed by atoms with van der Waals surface area (Å²) in [5, 5.41) is 20.9. The molecular weight excluding hydrogens is 234 g/mol. The molecule has 0 aromatic heterocycles. The van der Waals surface area contributed by atoms with Gasteiger partial charge in [-0.25, -0.2) is 0 Å². The monoisotopic (exact) mass is 243 g/mol. The number of aliphatic hydroxyl groups is 1. The van der Waals surface area contributed by atoms with E-state index in [-0.39, 0.29) is 16.3 Å². The van der Waals surface area contributed by atoms with E-state index in [1.165, 1.54) is 12.1 Å². The smallest absolute Gasteiger partial charge is 0.297 e. The van der Waals surface area contributed by atoms with Gasteiger partial charge in [0.1, 0.15) is 28.0 Å². The second kappa shape index (κ2) is 3.33. The van der Waals surface area contributed by atoms with Crippen molar-refractivity contribution in [3.05, 3.63) is 32.8 Å². The number of nitrogens with zero attached hydrogens (tertiary/aromatic N) is 1. The summed E-state index contributed by atoms with van der Waals surface area (Å²) in [6.45, 7) is 3.32. The van der Waals surface area contributed by atoms with Crippen LogP contribution in [0.25, 0.3) is 0 Å². The highest BCUT2D eigenvalue weighted by molar-refractivity contribution is 6.32. The first-order chi connectivity index (χ1) is 7.34. The largest absolute Gasteiger partial charge is 0.484 e. The summed E-state index contributed by atoms with van der Waals surface area (Å²) in [5.41, 5.74) is -1.00. The molecule has 6 heteroatoms. The van der Waals surface area contributed by atoms with Gasteiger partial charge in [0.25, 0.3) is 5.69 Å². The summed E-state index contributed by atoms with van der Waals surface area (Å²) in [5.74, 6) is 0.314. The molecule has 16 heavy (non-hydrogen) atoms. The summed E-state index contributed by atoms with van der Waals surface area (Å²) >= 11 is 5.75. The van der Waals surface area contributed by atoms with Crippen LogP contribution < -0.4 is 4.74 Å². The minimum atomic E-state index is -1.05. The van der Waals surface area contributed by atoms with E-state index >= 15 is 0 Å². The maximum atomic E-state index is 10.9. The molecule has 86 valence electrons. The lowest BCUT2D eigenvalue weighted by Crippen LogP contribution is -2.30. The Balaban J connectivity index is 2.68. The fourth-order valence-corrected chi connectivity index (χ4v) is 2.02. The normalized spacial score (nSPS) is 21.4. The highest BCUT2D eigenvalue weighted by atomic mass is 35.5. The lowest BCUT2D eigenvalue weighted by atomic mass is 9.96. The highest BCUT2D eigenvalue weighted by Gasteiger charge is 2.45. The number of fused-ring (bicyclic) bond motifs is 1. The predicted octanol–water partition coefficient (Wildman–Crippen LogP) is 2.45. The van der Waals surface area contributed by atoms with Gasteiger partial charge in [-0.05, 0) is 26.0 Å². The molecule has 0 aliphatic carbocycles. The maximum Gasteiger partial charge on any atom is 0.297 e. The van der Waals surface area contributed by atoms with Gasteiger partial charge in [0.15, 0.2) is 0 Å². The van der Waals surface area contributed by atoms with Gasteiger partial charge in [0.2, 0.25) is 0 Å². The predicted molar refractivity (Wildman–Crippen MR) is 57.8 cm³/mol. The summed E-state index contributed by atoms with van der Waals surface area (Å²) in [6, 6.07) is 2.93. The third-order valence-corrected chi connectivity index (χ3v) is 2.92. The lowest BCUT2D eigenvalue weighted by molar-refractivity contribution is -0.386. The Labute approximate surface area is 96.7 Å². The molecule has 5 nitrogen and oxygen atoms in total. The van der Waals surface area contributed by atoms with Gasteiger partial charge in [-0.1, -0.05) is 11.6 Å². The number of rotatable bonds is 1. The summed E-state index contributed by atoms with van der Waals surface area (Å²) in [7, 11) is 0. The summed E-state index contributed by atoms with van der Waals surface area (Å²) in [4.78, 5) is 10.3. The van der Waals surface area contributed by atoms with Crippen molar-refractivity contribution >= 4 is 17.3 Å². The second-order valence-corrected chi connectivity index (χ2v) is 4.58. The first-order valence-corrected chi connectivity index (χ1v) is 5.06. The van der Waals surface area contributed by atoms with Crippen molar-refractivity contribution in [3.63, 3.8) is 0 Å². The van der Waals surface area contributed by atoms with Gasteiger partial charge in [-0.2, -0.15) is 0 Å². The van der Waals surface area contributed by atoms with E-state index in [1.54, 1.807) is 13.8 Å². The molecule has 0 saturated heterocycles. The molecule has 1 aromatic carbocycles. The van der Waals surface area contributed by atoms with Gasteiger partial charge in [0, 0.05) is 0 Å². The topological polar surface area (TPSA) is 72.6 Å². The molecule has 1 heterocycles. The van der Waals surface area contributed by atoms with Crippen LogP contribution >= 0.6 is 11.6 Å². The van der Waals surface area contributed by atoms with Gasteiger partial charge >= 0.3 is 0 Å². The lowest BCUT2D eigenvalue weighted by Gasteiger charge is -2.21. The zero-order valence-electron chi connectivity index (χ0n) is 8.73. The van der Waals surface area contributed by atoms with Crippen LogP contribution in [0.15, 0.2) is 12.1 Å². The van der Waals surface area contributed by atoms with Gasteiger partial charge < -0.3 is 9.84 Å². The van der Waals surface area contributed by atoms with Crippen molar-refractivity contribution in [1.29, 1.82) is 0 Å². The van der Waals surface area contributed by atoms with Crippen LogP contribution in [0.4, 0.5) is 5.69 Å². The molecule has 0 bridgehead atoms. The number of nitro groups is 1. The minimum absolute atomic E-state index is 0.00380. The summed E-state index contributed by atoms with van der Waals surface area (Å²) < 4.78 is 5.44. The Bertz CT molecular complexity index is 472. The van der Waals surface area contributed by atoms with Crippen LogP contribution in [0.3, 0.4) is 0 Å². The number of hydrogen-bond acceptors (Lipinski definition) is 4. The number of ether oxygens (including phenoxy) is 1. The third-order valence-electron chi connectivity index (χ3n) is 2.62. The zero-order valence-corrected chi connectivity index (χ0v) is 9.49. The number of nitro benzene ring substituents is 1. The van der Waals surface area contributed by atoms with E-state index in [4.69, 9.17) is 16.3 Å². The van der Waals surface area contributed by atoms with Crippen LogP contribution in [0.2, 0.25) is 5.02 Å². The van der Waals surface area contributed by atoms with E-state index < -0.39 is 16.6 Å². The molecule has 1 aliphatic heterocycles. The second-order valence-electron chi connectivity index (χ2n) is 4.17. The Kier molecular flexibility index (Phi) is 2.32. The van der Waals surface area contributed by atoms with Gasteiger partial charge in [-0.3, -0.25) is 10.1 Å². The SMILES string of the molecule is CC1(C)Oc2ccc(Cl)c([N+](=O)[O-])c2C1O. The van der Waals surface area contributed by atoms with Crippen molar-refractivity contribution in [1.82, 2.24) is 0 Å². The van der Waals surface area contributed by atoms with E-state index in [0.29, 0.717) is 5.75 Å². The van der Waals surface area contributed by atoms with Gasteiger partial charge in [-0.15, -0.1) is 0 Å². The molecule has 0 saturated carbocycles. The van der Waals surface area contributed by atoms with E-state index in [9.17, 15) is 15.2 Å². The number of aliphatic hydroxyl groups excluding tert-OH is 1. The van der Waals surface area contributed by atoms with E-state index in [2.05, 4.69) is 0 Å². The average Bonchev–Trinajstić information content (AvgIpc) is 2.39. The Morgan fingerprint density at radius 3 is 2.75 bits per heavy atom. The molecule has 1 atom stereocenters. The van der Waals surface area contributed by atoms with Crippen LogP contribution in [-0.2, 0) is 0 Å². The molecular formula is C10H10ClNO4. The molecule has 0 radical (unpaired) electrons. The van der Waals surface area contributed by atoms with Crippen molar-refractivity contribution < 1.29 is 14.8 Å². The Hall–Kier alpha value is -1.33. The zero-order chi connectivity index (χ0) is 12.1. The fourth-order valence-electron chi connectivity index (χ4n) is 1.79. The molecule has 0 spiro atoms. The number of hydrogen-bond donors (Lipinski definition) is 1. The highest BCUT2D eigenvalue weighted by Crippen LogP contribution is 2.49. The first kappa shape index (κ1) is 11.2. The molecule has 1 unspecified atom stereocenters. The summed E-state index contributed by atoms with van der Waals surface area (Å²) in [6.07, 6.45) is -1.05. The van der Waals surface area contributed by atoms with Crippen molar-refractivity contribution in [2.75, 3.05) is 0 Å². The molecule has 0 amide bonds. The molecule has 1 aromatic rings. The van der Waals surface area contributed by atoms with Crippen molar-refractivity contribution in [2.24, 2.45) is 0 Å².